The standard InChI is InChI=1S/C5H5N5.C4H4O4/c6-5-7-1-3-4(10-5)9-2-8-3;5-3(6)4-7-1-2-8-4/h1-2H,(H3,6,7,8,9,10);1-2,4H,(H,5,6). The van der Waals surface area contributed by atoms with E-state index >= 15 is 0 Å². The Labute approximate surface area is 100 Å². The number of carbonyl (C=O) groups is 1. The number of nitrogens with zero attached hydrogens (tertiary/aromatic N) is 3. The number of carboxylic acid groups (broad SMARTS) is 1. The monoisotopic (exact) mass is 251 g/mol. The van der Waals surface area contributed by atoms with Gasteiger partial charge in [-0.05, 0) is 0 Å². The largest absolute Gasteiger partial charge is 0.476 e. The van der Waals surface area contributed by atoms with E-state index < -0.39 is 12.3 Å². The first-order valence-corrected chi connectivity index (χ1v) is 4.77. The second kappa shape index (κ2) is 4.99. The van der Waals surface area contributed by atoms with Gasteiger partial charge in [0.15, 0.2) is 5.65 Å². The summed E-state index contributed by atoms with van der Waals surface area (Å²) in [5.41, 5.74) is 6.71. The van der Waals surface area contributed by atoms with Gasteiger partial charge in [-0.25, -0.2) is 14.8 Å². The van der Waals surface area contributed by atoms with E-state index in [4.69, 9.17) is 10.8 Å². The third-order valence-corrected chi connectivity index (χ3v) is 1.86. The van der Waals surface area contributed by atoms with Gasteiger partial charge >= 0.3 is 12.3 Å². The number of H-pyrrole nitrogens is 1. The quantitative estimate of drug-likeness (QED) is 0.636. The number of nitrogen functional groups attached to an aromatic ring is 1. The molecular formula is C9H9N5O4. The number of aromatic nitrogens is 4. The Balaban J connectivity index is 0.000000138. The van der Waals surface area contributed by atoms with Crippen molar-refractivity contribution in [3.8, 4) is 0 Å². The molecule has 0 fully saturated rings. The second-order valence-corrected chi connectivity index (χ2v) is 3.08. The third kappa shape index (κ3) is 2.64. The number of ether oxygens (including phenoxy) is 2. The van der Waals surface area contributed by atoms with Crippen LogP contribution in [0.5, 0.6) is 0 Å². The molecule has 0 amide bonds. The van der Waals surface area contributed by atoms with Gasteiger partial charge in [-0.2, -0.15) is 4.98 Å². The van der Waals surface area contributed by atoms with Crippen molar-refractivity contribution in [2.45, 2.75) is 6.29 Å². The van der Waals surface area contributed by atoms with Crippen molar-refractivity contribution in [1.82, 2.24) is 19.9 Å². The SMILES string of the molecule is Nc1ncc2[nH]cnc2n1.O=C(O)C1OC=CO1. The summed E-state index contributed by atoms with van der Waals surface area (Å²) < 4.78 is 8.82. The predicted octanol–water partition coefficient (Wildman–Crippen LogP) is -0.150. The van der Waals surface area contributed by atoms with Gasteiger partial charge in [-0.1, -0.05) is 0 Å². The van der Waals surface area contributed by atoms with Crippen LogP contribution in [0, 0.1) is 0 Å². The van der Waals surface area contributed by atoms with Crippen molar-refractivity contribution in [2.24, 2.45) is 0 Å². The van der Waals surface area contributed by atoms with E-state index in [1.807, 2.05) is 0 Å². The summed E-state index contributed by atoms with van der Waals surface area (Å²) in [6, 6.07) is 0. The minimum Gasteiger partial charge on any atom is -0.476 e. The maximum atomic E-state index is 9.91. The minimum absolute atomic E-state index is 0.250. The molecule has 18 heavy (non-hydrogen) atoms. The molecule has 2 aromatic rings. The molecule has 0 saturated carbocycles. The number of rotatable bonds is 1. The molecule has 2 aromatic heterocycles. The van der Waals surface area contributed by atoms with Crippen molar-refractivity contribution in [3.63, 3.8) is 0 Å². The summed E-state index contributed by atoms with van der Waals surface area (Å²) >= 11 is 0. The Morgan fingerprint density at radius 3 is 2.72 bits per heavy atom. The number of anilines is 1. The lowest BCUT2D eigenvalue weighted by Gasteiger charge is -2.01. The molecule has 0 unspecified atom stereocenters. The highest BCUT2D eigenvalue weighted by Crippen LogP contribution is 2.04. The summed E-state index contributed by atoms with van der Waals surface area (Å²) in [6.07, 6.45) is 4.41. The van der Waals surface area contributed by atoms with Crippen molar-refractivity contribution in [1.29, 1.82) is 0 Å². The maximum absolute atomic E-state index is 9.91. The van der Waals surface area contributed by atoms with Crippen LogP contribution in [0.2, 0.25) is 0 Å². The molecule has 3 rings (SSSR count). The molecule has 0 bridgehead atoms. The van der Waals surface area contributed by atoms with E-state index in [0.717, 1.165) is 5.52 Å². The third-order valence-electron chi connectivity index (χ3n) is 1.86. The molecule has 3 heterocycles. The van der Waals surface area contributed by atoms with Crippen molar-refractivity contribution < 1.29 is 19.4 Å². The number of hydrogen-bond acceptors (Lipinski definition) is 7. The second-order valence-electron chi connectivity index (χ2n) is 3.08. The Morgan fingerprint density at radius 1 is 1.39 bits per heavy atom. The molecule has 0 saturated heterocycles. The number of imidazole rings is 1. The number of fused-ring (bicyclic) bond motifs is 1. The first kappa shape index (κ1) is 11.6. The summed E-state index contributed by atoms with van der Waals surface area (Å²) in [6.45, 7) is 0. The molecule has 0 radical (unpaired) electrons. The lowest BCUT2D eigenvalue weighted by atomic mass is 10.6. The molecule has 94 valence electrons. The highest BCUT2D eigenvalue weighted by atomic mass is 16.7. The Bertz CT molecular complexity index is 573. The zero-order chi connectivity index (χ0) is 13.0. The van der Waals surface area contributed by atoms with Gasteiger partial charge in [0.05, 0.1) is 12.5 Å². The van der Waals surface area contributed by atoms with Gasteiger partial charge in [-0.15, -0.1) is 0 Å². The lowest BCUT2D eigenvalue weighted by molar-refractivity contribution is -0.162. The Kier molecular flexibility index (Phi) is 3.23. The average molecular weight is 251 g/mol. The molecule has 9 nitrogen and oxygen atoms in total. The predicted molar refractivity (Wildman–Crippen MR) is 58.8 cm³/mol. The molecule has 1 aliphatic rings. The lowest BCUT2D eigenvalue weighted by Crippen LogP contribution is -2.19. The normalized spacial score (nSPS) is 13.6. The van der Waals surface area contributed by atoms with Crippen LogP contribution in [0.4, 0.5) is 5.95 Å². The summed E-state index contributed by atoms with van der Waals surface area (Å²) in [5.74, 6) is -0.866. The molecule has 0 aliphatic carbocycles. The molecule has 0 spiro atoms. The number of aliphatic carboxylic acids is 1. The van der Waals surface area contributed by atoms with Crippen molar-refractivity contribution >= 4 is 23.1 Å². The molecular weight excluding hydrogens is 242 g/mol. The van der Waals surface area contributed by atoms with E-state index in [9.17, 15) is 4.79 Å². The van der Waals surface area contributed by atoms with Crippen molar-refractivity contribution in [2.75, 3.05) is 5.73 Å². The Morgan fingerprint density at radius 2 is 2.11 bits per heavy atom. The van der Waals surface area contributed by atoms with Crippen LogP contribution >= 0.6 is 0 Å². The zero-order valence-corrected chi connectivity index (χ0v) is 8.98. The van der Waals surface area contributed by atoms with E-state index in [2.05, 4.69) is 29.4 Å². The van der Waals surface area contributed by atoms with E-state index in [1.165, 1.54) is 12.5 Å². The highest BCUT2D eigenvalue weighted by Gasteiger charge is 2.20. The van der Waals surface area contributed by atoms with Crippen molar-refractivity contribution in [3.05, 3.63) is 25.0 Å². The van der Waals surface area contributed by atoms with Gasteiger partial charge in [0.25, 0.3) is 0 Å². The molecule has 9 heteroatoms. The molecule has 0 aromatic carbocycles. The average Bonchev–Trinajstić information content (AvgIpc) is 3.00. The topological polar surface area (TPSA) is 136 Å². The van der Waals surface area contributed by atoms with E-state index in [-0.39, 0.29) is 5.95 Å². The van der Waals surface area contributed by atoms with Crippen LogP contribution in [0.15, 0.2) is 25.0 Å². The first-order valence-electron chi connectivity index (χ1n) is 4.77. The van der Waals surface area contributed by atoms with Crippen LogP contribution in [0.3, 0.4) is 0 Å². The molecule has 1 aliphatic heterocycles. The molecule has 0 atom stereocenters. The highest BCUT2D eigenvalue weighted by molar-refractivity contribution is 5.71. The van der Waals surface area contributed by atoms with Gasteiger partial charge in [0.2, 0.25) is 5.95 Å². The zero-order valence-electron chi connectivity index (χ0n) is 8.98. The van der Waals surface area contributed by atoms with E-state index in [1.54, 1.807) is 12.5 Å². The molecule has 4 N–H and O–H groups in total. The van der Waals surface area contributed by atoms with Crippen LogP contribution in [0.25, 0.3) is 11.2 Å². The summed E-state index contributed by atoms with van der Waals surface area (Å²) in [5, 5.41) is 8.12. The first-order chi connectivity index (χ1) is 8.66. The number of carboxylic acids is 1. The van der Waals surface area contributed by atoms with Crippen LogP contribution < -0.4 is 5.73 Å². The number of hydrogen-bond donors (Lipinski definition) is 3. The van der Waals surface area contributed by atoms with Crippen LogP contribution in [-0.4, -0.2) is 37.3 Å². The fourth-order valence-electron chi connectivity index (χ4n) is 1.10. The van der Waals surface area contributed by atoms with Crippen LogP contribution in [0.1, 0.15) is 0 Å². The van der Waals surface area contributed by atoms with Gasteiger partial charge < -0.3 is 25.3 Å². The minimum atomic E-state index is -1.13. The number of nitrogens with two attached hydrogens (primary N) is 1. The maximum Gasteiger partial charge on any atom is 0.387 e. The van der Waals surface area contributed by atoms with Crippen LogP contribution in [-0.2, 0) is 14.3 Å². The Hall–Kier alpha value is -2.84. The number of aromatic amines is 1. The van der Waals surface area contributed by atoms with E-state index in [0.29, 0.717) is 5.65 Å². The van der Waals surface area contributed by atoms with Gasteiger partial charge in [-0.3, -0.25) is 0 Å². The fourth-order valence-corrected chi connectivity index (χ4v) is 1.10. The summed E-state index contributed by atoms with van der Waals surface area (Å²) in [4.78, 5) is 24.3. The van der Waals surface area contributed by atoms with Gasteiger partial charge in [0.1, 0.15) is 18.0 Å². The summed E-state index contributed by atoms with van der Waals surface area (Å²) in [7, 11) is 0. The fraction of sp³-hybridized carbons (Fsp3) is 0.111. The smallest absolute Gasteiger partial charge is 0.387 e. The number of nitrogens with one attached hydrogen (secondary N) is 1. The van der Waals surface area contributed by atoms with Gasteiger partial charge in [0, 0.05) is 0 Å².